The highest BCUT2D eigenvalue weighted by Crippen LogP contribution is 2.36. The molecule has 0 spiro atoms. The van der Waals surface area contributed by atoms with Crippen LogP contribution in [0.15, 0.2) is 48.7 Å². The van der Waals surface area contributed by atoms with Crippen LogP contribution in [0.3, 0.4) is 0 Å². The van der Waals surface area contributed by atoms with E-state index in [0.717, 1.165) is 45.0 Å². The van der Waals surface area contributed by atoms with Crippen LogP contribution in [0.25, 0.3) is 0 Å². The topological polar surface area (TPSA) is 111 Å². The highest BCUT2D eigenvalue weighted by molar-refractivity contribution is 7.92. The third-order valence-corrected chi connectivity index (χ3v) is 7.75. The fourth-order valence-electron chi connectivity index (χ4n) is 3.96. The summed E-state index contributed by atoms with van der Waals surface area (Å²) in [6, 6.07) is 16.4. The number of aryl methyl sites for hydroxylation is 1. The van der Waals surface area contributed by atoms with Gasteiger partial charge in [-0.2, -0.15) is 5.26 Å². The Morgan fingerprint density at radius 2 is 1.74 bits per heavy atom. The summed E-state index contributed by atoms with van der Waals surface area (Å²) < 4.78 is 24.6. The molecule has 0 aliphatic carbocycles. The van der Waals surface area contributed by atoms with Gasteiger partial charge >= 0.3 is 0 Å². The molecule has 0 amide bonds. The van der Waals surface area contributed by atoms with Gasteiger partial charge in [-0.1, -0.05) is 52.8 Å². The van der Waals surface area contributed by atoms with Crippen molar-refractivity contribution in [3.63, 3.8) is 0 Å². The molecule has 0 saturated carbocycles. The number of sulfonamides is 1. The number of halogens is 1. The zero-order chi connectivity index (χ0) is 29.2. The standard InChI is InChI=1S/C27H33ClN6O2S.C2H6/c1-6-19-15-22(16-20(17-29)25(19)30-14-12-28)27(2,3)21-7-9-23(10-8-21)32-18-24-11-13-31-26(33-24)34(4)37(5,35)36;1-2/h7-11,13,15-16,30,32H,6,12,14,18H2,1-5H3;1-2H3. The smallest absolute Gasteiger partial charge is 0.239 e. The van der Waals surface area contributed by atoms with E-state index >= 15 is 0 Å². The quantitative estimate of drug-likeness (QED) is 0.275. The Hall–Kier alpha value is -3.35. The van der Waals surface area contributed by atoms with Crippen LogP contribution in [0.5, 0.6) is 0 Å². The van der Waals surface area contributed by atoms with Crippen molar-refractivity contribution in [3.8, 4) is 6.07 Å². The molecule has 2 aromatic carbocycles. The van der Waals surface area contributed by atoms with E-state index in [-0.39, 0.29) is 11.4 Å². The molecule has 0 saturated heterocycles. The van der Waals surface area contributed by atoms with E-state index in [9.17, 15) is 13.7 Å². The number of nitrogens with one attached hydrogen (secondary N) is 2. The van der Waals surface area contributed by atoms with Crippen molar-refractivity contribution in [2.45, 2.75) is 53.0 Å². The van der Waals surface area contributed by atoms with Gasteiger partial charge in [0.25, 0.3) is 0 Å². The van der Waals surface area contributed by atoms with Gasteiger partial charge in [0.2, 0.25) is 16.0 Å². The van der Waals surface area contributed by atoms with Crippen LogP contribution < -0.4 is 14.9 Å². The summed E-state index contributed by atoms with van der Waals surface area (Å²) in [4.78, 5) is 8.39. The predicted octanol–water partition coefficient (Wildman–Crippen LogP) is 5.92. The number of rotatable bonds is 11. The first-order valence-electron chi connectivity index (χ1n) is 13.0. The second-order valence-electron chi connectivity index (χ2n) is 9.27. The van der Waals surface area contributed by atoms with Crippen molar-refractivity contribution in [3.05, 3.63) is 76.6 Å². The Balaban J connectivity index is 0.00000260. The van der Waals surface area contributed by atoms with Crippen LogP contribution in [-0.2, 0) is 28.4 Å². The van der Waals surface area contributed by atoms with Gasteiger partial charge in [0, 0.05) is 36.8 Å². The van der Waals surface area contributed by atoms with Crippen molar-refractivity contribution >= 4 is 38.9 Å². The van der Waals surface area contributed by atoms with E-state index in [2.05, 4.69) is 65.6 Å². The van der Waals surface area contributed by atoms with Gasteiger partial charge in [0.05, 0.1) is 29.7 Å². The molecule has 10 heteroatoms. The molecular formula is C29H39ClN6O2S. The summed E-state index contributed by atoms with van der Waals surface area (Å²) in [6.45, 7) is 11.4. The first-order chi connectivity index (χ1) is 18.5. The van der Waals surface area contributed by atoms with Gasteiger partial charge in [-0.3, -0.25) is 0 Å². The van der Waals surface area contributed by atoms with Crippen molar-refractivity contribution in [2.24, 2.45) is 0 Å². The van der Waals surface area contributed by atoms with Crippen LogP contribution >= 0.6 is 11.6 Å². The van der Waals surface area contributed by atoms with Crippen LogP contribution in [0.2, 0.25) is 0 Å². The molecule has 3 aromatic rings. The number of anilines is 3. The molecule has 0 atom stereocenters. The van der Waals surface area contributed by atoms with E-state index in [0.29, 0.717) is 30.2 Å². The minimum Gasteiger partial charge on any atom is -0.383 e. The van der Waals surface area contributed by atoms with Gasteiger partial charge in [-0.15, -0.1) is 11.6 Å². The van der Waals surface area contributed by atoms with Crippen LogP contribution in [0, 0.1) is 11.3 Å². The number of nitriles is 1. The molecule has 0 aliphatic heterocycles. The van der Waals surface area contributed by atoms with Crippen molar-refractivity contribution in [1.82, 2.24) is 9.97 Å². The largest absolute Gasteiger partial charge is 0.383 e. The summed E-state index contributed by atoms with van der Waals surface area (Å²) in [5, 5.41) is 16.4. The molecule has 8 nitrogen and oxygen atoms in total. The number of benzene rings is 2. The van der Waals surface area contributed by atoms with Gasteiger partial charge in [-0.25, -0.2) is 22.7 Å². The third kappa shape index (κ3) is 8.07. The molecule has 39 heavy (non-hydrogen) atoms. The lowest BCUT2D eigenvalue weighted by Gasteiger charge is -2.28. The zero-order valence-corrected chi connectivity index (χ0v) is 25.4. The van der Waals surface area contributed by atoms with Crippen molar-refractivity contribution < 1.29 is 8.42 Å². The minimum absolute atomic E-state index is 0.131. The minimum atomic E-state index is -3.44. The van der Waals surface area contributed by atoms with Crippen LogP contribution in [-0.4, -0.2) is 44.1 Å². The summed E-state index contributed by atoms with van der Waals surface area (Å²) in [6.07, 6.45) is 3.46. The first kappa shape index (κ1) is 31.9. The van der Waals surface area contributed by atoms with Crippen molar-refractivity contribution in [2.75, 3.05) is 40.7 Å². The Morgan fingerprint density at radius 3 is 2.31 bits per heavy atom. The third-order valence-electron chi connectivity index (χ3n) is 6.40. The molecule has 0 unspecified atom stereocenters. The number of hydrogen-bond acceptors (Lipinski definition) is 7. The molecule has 210 valence electrons. The number of nitrogens with zero attached hydrogens (tertiary/aromatic N) is 4. The molecule has 1 heterocycles. The Bertz CT molecular complexity index is 1390. The summed E-state index contributed by atoms with van der Waals surface area (Å²) in [7, 11) is -2.01. The summed E-state index contributed by atoms with van der Waals surface area (Å²) >= 11 is 5.85. The molecule has 0 bridgehead atoms. The Labute approximate surface area is 238 Å². The highest BCUT2D eigenvalue weighted by atomic mass is 35.5. The average Bonchev–Trinajstić information content (AvgIpc) is 2.95. The van der Waals surface area contributed by atoms with E-state index in [1.54, 1.807) is 12.3 Å². The normalized spacial score (nSPS) is 11.2. The van der Waals surface area contributed by atoms with E-state index in [4.69, 9.17) is 11.6 Å². The number of hydrogen-bond donors (Lipinski definition) is 2. The zero-order valence-electron chi connectivity index (χ0n) is 23.8. The monoisotopic (exact) mass is 570 g/mol. The lowest BCUT2D eigenvalue weighted by molar-refractivity contribution is 0.599. The van der Waals surface area contributed by atoms with Gasteiger partial charge in [-0.05, 0) is 47.4 Å². The molecule has 0 aliphatic rings. The fraction of sp³-hybridized carbons (Fsp3) is 0.414. The van der Waals surface area contributed by atoms with E-state index in [1.165, 1.54) is 7.05 Å². The lowest BCUT2D eigenvalue weighted by Crippen LogP contribution is -2.27. The van der Waals surface area contributed by atoms with Crippen LogP contribution in [0.1, 0.15) is 62.6 Å². The van der Waals surface area contributed by atoms with Crippen LogP contribution in [0.4, 0.5) is 17.3 Å². The number of aromatic nitrogens is 2. The maximum absolute atomic E-state index is 11.8. The fourth-order valence-corrected chi connectivity index (χ4v) is 4.44. The second-order valence-corrected chi connectivity index (χ2v) is 11.7. The first-order valence-corrected chi connectivity index (χ1v) is 15.4. The predicted molar refractivity (Wildman–Crippen MR) is 162 cm³/mol. The van der Waals surface area contributed by atoms with Gasteiger partial charge in [0.1, 0.15) is 6.07 Å². The summed E-state index contributed by atoms with van der Waals surface area (Å²) in [5.74, 6) is 0.600. The molecule has 0 radical (unpaired) electrons. The average molecular weight is 571 g/mol. The molecule has 1 aromatic heterocycles. The maximum Gasteiger partial charge on any atom is 0.239 e. The Morgan fingerprint density at radius 1 is 1.08 bits per heavy atom. The highest BCUT2D eigenvalue weighted by Gasteiger charge is 2.25. The second kappa shape index (κ2) is 14.2. The molecule has 3 rings (SSSR count). The van der Waals surface area contributed by atoms with Crippen molar-refractivity contribution in [1.29, 1.82) is 5.26 Å². The van der Waals surface area contributed by atoms with Gasteiger partial charge < -0.3 is 10.6 Å². The van der Waals surface area contributed by atoms with E-state index < -0.39 is 10.0 Å². The Kier molecular flexibility index (Phi) is 11.6. The van der Waals surface area contributed by atoms with Gasteiger partial charge in [0.15, 0.2) is 0 Å². The molecular weight excluding hydrogens is 532 g/mol. The summed E-state index contributed by atoms with van der Waals surface area (Å²) in [5.41, 5.74) is 6.02. The lowest BCUT2D eigenvalue weighted by atomic mass is 9.76. The number of alkyl halides is 1. The molecule has 0 fully saturated rings. The maximum atomic E-state index is 11.8. The van der Waals surface area contributed by atoms with E-state index in [1.807, 2.05) is 32.0 Å². The molecule has 2 N–H and O–H groups in total. The SMILES string of the molecule is CC.CCc1cc(C(C)(C)c2ccc(NCc3ccnc(N(C)S(C)(=O)=O)n3)cc2)cc(C#N)c1NCCCl.